The van der Waals surface area contributed by atoms with Crippen molar-refractivity contribution in [3.05, 3.63) is 89.4 Å². The van der Waals surface area contributed by atoms with Crippen molar-refractivity contribution < 1.29 is 4.42 Å². The molecule has 0 aliphatic carbocycles. The third kappa shape index (κ3) is 3.35. The smallest absolute Gasteiger partial charge is 0.138 e. The summed E-state index contributed by atoms with van der Waals surface area (Å²) in [5.74, 6) is 0.892. The van der Waals surface area contributed by atoms with Crippen molar-refractivity contribution in [2.24, 2.45) is 0 Å². The first-order valence-corrected chi connectivity index (χ1v) is 12.1. The predicted octanol–water partition coefficient (Wildman–Crippen LogP) is 9.14. The second-order valence-corrected chi connectivity index (χ2v) is 11.0. The van der Waals surface area contributed by atoms with Crippen LogP contribution < -0.4 is 0 Å². The first-order valence-electron chi connectivity index (χ1n) is 11.3. The number of rotatable bonds is 2. The van der Waals surface area contributed by atoms with Gasteiger partial charge in [0, 0.05) is 32.3 Å². The largest absolute Gasteiger partial charge is 0.456 e. The summed E-state index contributed by atoms with van der Waals surface area (Å²) in [6.07, 6.45) is 1.85. The molecule has 162 valence electrons. The standard InChI is InChI=1S/C30H25NOS/c1-18-14-20-9-7-11-23(29(20)33-18)27-17-24-26(32-27)12-13-31-28(24)21-15-19-8-5-6-10-22(19)25(16-21)30(2,3)4/h5-17H,1-4H3. The van der Waals surface area contributed by atoms with E-state index in [4.69, 9.17) is 9.40 Å². The highest BCUT2D eigenvalue weighted by Crippen LogP contribution is 2.40. The molecule has 2 nitrogen and oxygen atoms in total. The van der Waals surface area contributed by atoms with Crippen LogP contribution in [0.4, 0.5) is 0 Å². The number of pyridine rings is 1. The molecular formula is C30H25NOS. The minimum absolute atomic E-state index is 0.0255. The molecule has 0 N–H and O–H groups in total. The lowest BCUT2D eigenvalue weighted by molar-refractivity contribution is 0.596. The highest BCUT2D eigenvalue weighted by atomic mass is 32.1. The van der Waals surface area contributed by atoms with Gasteiger partial charge in [-0.25, -0.2) is 0 Å². The number of furan rings is 1. The number of aromatic nitrogens is 1. The summed E-state index contributed by atoms with van der Waals surface area (Å²) in [7, 11) is 0. The van der Waals surface area contributed by atoms with E-state index in [0.29, 0.717) is 0 Å². The Morgan fingerprint density at radius 3 is 2.48 bits per heavy atom. The van der Waals surface area contributed by atoms with Crippen LogP contribution in [0.3, 0.4) is 0 Å². The summed E-state index contributed by atoms with van der Waals surface area (Å²) < 4.78 is 7.65. The van der Waals surface area contributed by atoms with Gasteiger partial charge in [0.1, 0.15) is 11.3 Å². The van der Waals surface area contributed by atoms with Crippen molar-refractivity contribution in [2.45, 2.75) is 33.1 Å². The van der Waals surface area contributed by atoms with E-state index >= 15 is 0 Å². The van der Waals surface area contributed by atoms with Crippen LogP contribution >= 0.6 is 11.3 Å². The number of nitrogens with zero attached hydrogens (tertiary/aromatic N) is 1. The maximum Gasteiger partial charge on any atom is 0.138 e. The average molecular weight is 448 g/mol. The van der Waals surface area contributed by atoms with Crippen LogP contribution in [0, 0.1) is 6.92 Å². The number of aryl methyl sites for hydroxylation is 1. The van der Waals surface area contributed by atoms with Crippen molar-refractivity contribution >= 4 is 43.2 Å². The van der Waals surface area contributed by atoms with Crippen molar-refractivity contribution in [3.63, 3.8) is 0 Å². The summed E-state index contributed by atoms with van der Waals surface area (Å²) in [5, 5.41) is 4.85. The van der Waals surface area contributed by atoms with E-state index in [1.807, 2.05) is 23.6 Å². The minimum Gasteiger partial charge on any atom is -0.456 e. The number of hydrogen-bond donors (Lipinski definition) is 0. The van der Waals surface area contributed by atoms with Gasteiger partial charge in [-0.2, -0.15) is 0 Å². The molecule has 3 aromatic heterocycles. The summed E-state index contributed by atoms with van der Waals surface area (Å²) in [4.78, 5) is 6.13. The van der Waals surface area contributed by atoms with Crippen LogP contribution in [0.2, 0.25) is 0 Å². The zero-order valence-electron chi connectivity index (χ0n) is 19.3. The predicted molar refractivity (Wildman–Crippen MR) is 141 cm³/mol. The first-order chi connectivity index (χ1) is 15.9. The van der Waals surface area contributed by atoms with E-state index in [2.05, 4.69) is 94.4 Å². The molecule has 0 unspecified atom stereocenters. The van der Waals surface area contributed by atoms with Gasteiger partial charge in [0.15, 0.2) is 0 Å². The third-order valence-corrected chi connectivity index (χ3v) is 7.42. The fourth-order valence-electron chi connectivity index (χ4n) is 4.78. The third-order valence-electron chi connectivity index (χ3n) is 6.32. The lowest BCUT2D eigenvalue weighted by Crippen LogP contribution is -2.12. The van der Waals surface area contributed by atoms with Gasteiger partial charge < -0.3 is 4.42 Å². The molecule has 0 saturated heterocycles. The van der Waals surface area contributed by atoms with Crippen LogP contribution in [0.25, 0.3) is 54.4 Å². The molecule has 0 bridgehead atoms. The first kappa shape index (κ1) is 20.2. The van der Waals surface area contributed by atoms with Crippen molar-refractivity contribution in [1.82, 2.24) is 4.98 Å². The van der Waals surface area contributed by atoms with E-state index in [9.17, 15) is 0 Å². The van der Waals surface area contributed by atoms with Crippen LogP contribution in [-0.4, -0.2) is 4.98 Å². The highest BCUT2D eigenvalue weighted by molar-refractivity contribution is 7.19. The Morgan fingerprint density at radius 1 is 0.818 bits per heavy atom. The Balaban J connectivity index is 1.59. The summed E-state index contributed by atoms with van der Waals surface area (Å²) >= 11 is 1.81. The maximum atomic E-state index is 6.39. The number of benzene rings is 3. The molecule has 0 radical (unpaired) electrons. The zero-order chi connectivity index (χ0) is 22.7. The van der Waals surface area contributed by atoms with Gasteiger partial charge in [0.25, 0.3) is 0 Å². The molecule has 3 heteroatoms. The molecular weight excluding hydrogens is 422 g/mol. The van der Waals surface area contributed by atoms with Crippen LogP contribution in [0.5, 0.6) is 0 Å². The lowest BCUT2D eigenvalue weighted by atomic mass is 9.82. The fraction of sp³-hybridized carbons (Fsp3) is 0.167. The molecule has 3 aromatic carbocycles. The Kier molecular flexibility index (Phi) is 4.46. The Labute approximate surface area is 197 Å². The van der Waals surface area contributed by atoms with E-state index in [0.717, 1.165) is 33.6 Å². The summed E-state index contributed by atoms with van der Waals surface area (Å²) in [6, 6.07) is 26.0. The van der Waals surface area contributed by atoms with E-state index in [1.165, 1.54) is 31.3 Å². The fourth-order valence-corrected chi connectivity index (χ4v) is 5.81. The van der Waals surface area contributed by atoms with Gasteiger partial charge in [-0.1, -0.05) is 57.2 Å². The van der Waals surface area contributed by atoms with Crippen LogP contribution in [0.15, 0.2) is 83.4 Å². The molecule has 33 heavy (non-hydrogen) atoms. The van der Waals surface area contributed by atoms with Gasteiger partial charge in [-0.15, -0.1) is 11.3 Å². The van der Waals surface area contributed by atoms with Crippen molar-refractivity contribution in [2.75, 3.05) is 0 Å². The highest BCUT2D eigenvalue weighted by Gasteiger charge is 2.20. The minimum atomic E-state index is 0.0255. The molecule has 0 amide bonds. The van der Waals surface area contributed by atoms with Crippen molar-refractivity contribution in [1.29, 1.82) is 0 Å². The Hall–Kier alpha value is -3.43. The topological polar surface area (TPSA) is 26.0 Å². The maximum absolute atomic E-state index is 6.39. The van der Waals surface area contributed by atoms with Gasteiger partial charge in [-0.3, -0.25) is 4.98 Å². The average Bonchev–Trinajstić information content (AvgIpc) is 3.39. The molecule has 0 aliphatic rings. The monoisotopic (exact) mass is 447 g/mol. The van der Waals surface area contributed by atoms with Gasteiger partial charge in [0.05, 0.1) is 5.69 Å². The number of hydrogen-bond acceptors (Lipinski definition) is 3. The molecule has 0 spiro atoms. The lowest BCUT2D eigenvalue weighted by Gasteiger charge is -2.22. The van der Waals surface area contributed by atoms with E-state index in [1.54, 1.807) is 0 Å². The SMILES string of the molecule is Cc1cc2cccc(-c3cc4c(-c5cc(C(C)(C)C)c6ccccc6c5)nccc4o3)c2s1. The second-order valence-electron chi connectivity index (χ2n) is 9.76. The molecule has 6 rings (SSSR count). The van der Waals surface area contributed by atoms with E-state index < -0.39 is 0 Å². The normalized spacial score (nSPS) is 12.2. The summed E-state index contributed by atoms with van der Waals surface area (Å²) in [5.41, 5.74) is 5.46. The zero-order valence-corrected chi connectivity index (χ0v) is 20.1. The Bertz CT molecular complexity index is 1660. The molecule has 3 heterocycles. The van der Waals surface area contributed by atoms with Crippen LogP contribution in [0.1, 0.15) is 31.2 Å². The quantitative estimate of drug-likeness (QED) is 0.264. The second kappa shape index (κ2) is 7.29. The molecule has 0 fully saturated rings. The van der Waals surface area contributed by atoms with Gasteiger partial charge in [-0.05, 0) is 70.5 Å². The molecule has 0 aliphatic heterocycles. The van der Waals surface area contributed by atoms with Gasteiger partial charge in [0.2, 0.25) is 0 Å². The number of thiophene rings is 1. The Morgan fingerprint density at radius 2 is 1.64 bits per heavy atom. The molecule has 6 aromatic rings. The van der Waals surface area contributed by atoms with E-state index in [-0.39, 0.29) is 5.41 Å². The van der Waals surface area contributed by atoms with Crippen LogP contribution in [-0.2, 0) is 5.41 Å². The molecule has 0 saturated carbocycles. The number of fused-ring (bicyclic) bond motifs is 3. The summed E-state index contributed by atoms with van der Waals surface area (Å²) in [6.45, 7) is 8.96. The molecule has 0 atom stereocenters. The van der Waals surface area contributed by atoms with Crippen molar-refractivity contribution in [3.8, 4) is 22.6 Å². The van der Waals surface area contributed by atoms with Gasteiger partial charge >= 0.3 is 0 Å².